The van der Waals surface area contributed by atoms with Crippen LogP contribution in [0.15, 0.2) is 33.5 Å². The Hall–Kier alpha value is -2.28. The third kappa shape index (κ3) is 3.73. The van der Waals surface area contributed by atoms with E-state index >= 15 is 0 Å². The summed E-state index contributed by atoms with van der Waals surface area (Å²) < 4.78 is 6.64. The van der Waals surface area contributed by atoms with E-state index in [4.69, 9.17) is 4.42 Å². The first-order valence-corrected chi connectivity index (χ1v) is 7.91. The average Bonchev–Trinajstić information content (AvgIpc) is 3.09. The van der Waals surface area contributed by atoms with Gasteiger partial charge in [0.15, 0.2) is 5.58 Å². The van der Waals surface area contributed by atoms with Gasteiger partial charge in [0.2, 0.25) is 0 Å². The molecule has 3 N–H and O–H groups in total. The smallest absolute Gasteiger partial charge is 0.408 e. The van der Waals surface area contributed by atoms with Gasteiger partial charge < -0.3 is 20.2 Å². The molecule has 7 nitrogen and oxygen atoms in total. The Labute approximate surface area is 133 Å². The van der Waals surface area contributed by atoms with Gasteiger partial charge in [0.25, 0.3) is 0 Å². The van der Waals surface area contributed by atoms with E-state index < -0.39 is 5.76 Å². The zero-order chi connectivity index (χ0) is 16.2. The van der Waals surface area contributed by atoms with Crippen LogP contribution in [0.4, 0.5) is 4.79 Å². The number of amides is 2. The molecule has 0 aliphatic heterocycles. The van der Waals surface area contributed by atoms with E-state index in [1.54, 1.807) is 12.1 Å². The Bertz CT molecular complexity index is 736. The van der Waals surface area contributed by atoms with Crippen molar-refractivity contribution in [2.24, 2.45) is 5.92 Å². The van der Waals surface area contributed by atoms with Gasteiger partial charge >= 0.3 is 11.8 Å². The number of para-hydroxylation sites is 2. The lowest BCUT2D eigenvalue weighted by Gasteiger charge is -2.12. The second-order valence-electron chi connectivity index (χ2n) is 5.96. The average molecular weight is 319 g/mol. The number of carbonyl (C=O) groups excluding carboxylic acids is 1. The first-order chi connectivity index (χ1) is 11.1. The van der Waals surface area contributed by atoms with E-state index in [1.165, 1.54) is 4.57 Å². The molecule has 0 unspecified atom stereocenters. The number of nitrogens with one attached hydrogen (secondary N) is 2. The minimum absolute atomic E-state index is 0.230. The molecule has 2 aromatic rings. The van der Waals surface area contributed by atoms with Crippen LogP contribution >= 0.6 is 0 Å². The highest BCUT2D eigenvalue weighted by atomic mass is 16.4. The Morgan fingerprint density at radius 3 is 2.91 bits per heavy atom. The number of aliphatic hydroxyl groups is 1. The Kier molecular flexibility index (Phi) is 4.66. The van der Waals surface area contributed by atoms with Crippen molar-refractivity contribution in [2.45, 2.75) is 31.9 Å². The van der Waals surface area contributed by atoms with Crippen LogP contribution in [0.2, 0.25) is 0 Å². The van der Waals surface area contributed by atoms with Crippen LogP contribution < -0.4 is 16.4 Å². The zero-order valence-electron chi connectivity index (χ0n) is 12.8. The van der Waals surface area contributed by atoms with Gasteiger partial charge in [-0.2, -0.15) is 0 Å². The summed E-state index contributed by atoms with van der Waals surface area (Å²) in [6.45, 7) is 1.26. The van der Waals surface area contributed by atoms with Gasteiger partial charge in [0.05, 0.1) is 11.6 Å². The van der Waals surface area contributed by atoms with Crippen LogP contribution in [-0.2, 0) is 6.54 Å². The molecular weight excluding hydrogens is 298 g/mol. The molecule has 1 aliphatic carbocycles. The van der Waals surface area contributed by atoms with Gasteiger partial charge in [0, 0.05) is 19.6 Å². The number of nitrogens with zero attached hydrogens (tertiary/aromatic N) is 1. The SMILES string of the molecule is O=C(NCCn1c(=O)oc2ccccc21)NC[C@H]1CC[C@H](O)C1. The van der Waals surface area contributed by atoms with E-state index in [0.717, 1.165) is 24.8 Å². The fourth-order valence-electron chi connectivity index (χ4n) is 3.04. The molecule has 1 heterocycles. The summed E-state index contributed by atoms with van der Waals surface area (Å²) in [6.07, 6.45) is 2.27. The summed E-state index contributed by atoms with van der Waals surface area (Å²) in [6, 6.07) is 6.94. The lowest BCUT2D eigenvalue weighted by atomic mass is 10.1. The van der Waals surface area contributed by atoms with Gasteiger partial charge in [-0.15, -0.1) is 0 Å². The van der Waals surface area contributed by atoms with Crippen molar-refractivity contribution in [3.8, 4) is 0 Å². The highest BCUT2D eigenvalue weighted by Crippen LogP contribution is 2.24. The van der Waals surface area contributed by atoms with E-state index in [0.29, 0.717) is 31.1 Å². The second kappa shape index (κ2) is 6.87. The third-order valence-corrected chi connectivity index (χ3v) is 4.26. The van der Waals surface area contributed by atoms with Crippen LogP contribution in [0.25, 0.3) is 11.1 Å². The molecule has 1 aromatic heterocycles. The van der Waals surface area contributed by atoms with Gasteiger partial charge in [-0.3, -0.25) is 4.57 Å². The molecule has 0 saturated heterocycles. The standard InChI is InChI=1S/C16H21N3O4/c20-12-6-5-11(9-12)10-18-15(21)17-7-8-19-13-3-1-2-4-14(13)23-16(19)22/h1-4,11-12,20H,5-10H2,(H2,17,18,21)/t11-,12-/m0/s1. The predicted molar refractivity (Wildman–Crippen MR) is 85.2 cm³/mol. The van der Waals surface area contributed by atoms with Crippen LogP contribution in [0.5, 0.6) is 0 Å². The number of carbonyl (C=O) groups is 1. The minimum Gasteiger partial charge on any atom is -0.408 e. The summed E-state index contributed by atoms with van der Waals surface area (Å²) in [5.74, 6) is -0.0791. The van der Waals surface area contributed by atoms with Gasteiger partial charge in [0.1, 0.15) is 0 Å². The van der Waals surface area contributed by atoms with E-state index in [1.807, 2.05) is 12.1 Å². The maximum absolute atomic E-state index is 11.8. The summed E-state index contributed by atoms with van der Waals surface area (Å²) in [5, 5.41) is 15.0. The van der Waals surface area contributed by atoms with Crippen molar-refractivity contribution in [1.82, 2.24) is 15.2 Å². The molecule has 0 spiro atoms. The number of aliphatic hydroxyl groups excluding tert-OH is 1. The van der Waals surface area contributed by atoms with Crippen molar-refractivity contribution >= 4 is 17.1 Å². The maximum Gasteiger partial charge on any atom is 0.420 e. The monoisotopic (exact) mass is 319 g/mol. The summed E-state index contributed by atoms with van der Waals surface area (Å²) in [4.78, 5) is 23.6. The van der Waals surface area contributed by atoms with Crippen LogP contribution in [-0.4, -0.2) is 34.9 Å². The van der Waals surface area contributed by atoms with Crippen LogP contribution in [0.3, 0.4) is 0 Å². The topological polar surface area (TPSA) is 96.5 Å². The number of benzene rings is 1. The highest BCUT2D eigenvalue weighted by Gasteiger charge is 2.22. The molecule has 0 radical (unpaired) electrons. The fourth-order valence-corrected chi connectivity index (χ4v) is 3.04. The van der Waals surface area contributed by atoms with Gasteiger partial charge in [-0.1, -0.05) is 12.1 Å². The van der Waals surface area contributed by atoms with Gasteiger partial charge in [-0.05, 0) is 37.3 Å². The molecule has 124 valence electrons. The normalized spacial score (nSPS) is 20.7. The van der Waals surface area contributed by atoms with Crippen molar-refractivity contribution in [3.63, 3.8) is 0 Å². The van der Waals surface area contributed by atoms with E-state index in [2.05, 4.69) is 10.6 Å². The second-order valence-corrected chi connectivity index (χ2v) is 5.96. The molecule has 2 atom stereocenters. The number of urea groups is 1. The fraction of sp³-hybridized carbons (Fsp3) is 0.500. The highest BCUT2D eigenvalue weighted by molar-refractivity contribution is 5.74. The number of oxazole rings is 1. The number of rotatable bonds is 5. The number of fused-ring (bicyclic) bond motifs is 1. The summed E-state index contributed by atoms with van der Waals surface area (Å²) in [5.41, 5.74) is 1.27. The molecule has 0 bridgehead atoms. The lowest BCUT2D eigenvalue weighted by molar-refractivity contribution is 0.177. The quantitative estimate of drug-likeness (QED) is 0.767. The van der Waals surface area contributed by atoms with Gasteiger partial charge in [-0.25, -0.2) is 9.59 Å². The molecule has 1 aromatic carbocycles. The lowest BCUT2D eigenvalue weighted by Crippen LogP contribution is -2.39. The first kappa shape index (κ1) is 15.6. The number of aromatic nitrogens is 1. The Balaban J connectivity index is 1.46. The molecule has 23 heavy (non-hydrogen) atoms. The van der Waals surface area contributed by atoms with Crippen molar-refractivity contribution < 1.29 is 14.3 Å². The Morgan fingerprint density at radius 1 is 1.30 bits per heavy atom. The predicted octanol–water partition coefficient (Wildman–Crippen LogP) is 1.05. The summed E-state index contributed by atoms with van der Waals surface area (Å²) in [7, 11) is 0. The van der Waals surface area contributed by atoms with E-state index in [9.17, 15) is 14.7 Å². The molecule has 3 rings (SSSR count). The largest absolute Gasteiger partial charge is 0.420 e. The molecule has 1 saturated carbocycles. The van der Waals surface area contributed by atoms with Crippen molar-refractivity contribution in [2.75, 3.05) is 13.1 Å². The van der Waals surface area contributed by atoms with E-state index in [-0.39, 0.29) is 12.1 Å². The Morgan fingerprint density at radius 2 is 2.13 bits per heavy atom. The molecular formula is C16H21N3O4. The third-order valence-electron chi connectivity index (χ3n) is 4.26. The molecule has 1 fully saturated rings. The molecule has 7 heteroatoms. The molecule has 2 amide bonds. The minimum atomic E-state index is -0.423. The molecule has 1 aliphatic rings. The van der Waals surface area contributed by atoms with Crippen LogP contribution in [0, 0.1) is 5.92 Å². The van der Waals surface area contributed by atoms with Crippen molar-refractivity contribution in [3.05, 3.63) is 34.8 Å². The van der Waals surface area contributed by atoms with Crippen LogP contribution in [0.1, 0.15) is 19.3 Å². The number of hydrogen-bond acceptors (Lipinski definition) is 4. The summed E-state index contributed by atoms with van der Waals surface area (Å²) >= 11 is 0. The van der Waals surface area contributed by atoms with Crippen molar-refractivity contribution in [1.29, 1.82) is 0 Å². The first-order valence-electron chi connectivity index (χ1n) is 7.91. The maximum atomic E-state index is 11.8. The zero-order valence-corrected chi connectivity index (χ0v) is 12.8. The number of hydrogen-bond donors (Lipinski definition) is 3.